The first-order valence-electron chi connectivity index (χ1n) is 3.26. The molecule has 0 amide bonds. The van der Waals surface area contributed by atoms with Crippen molar-refractivity contribution in [1.82, 2.24) is 0 Å². The maximum atomic E-state index is 11.6. The molecule has 0 saturated heterocycles. The predicted molar refractivity (Wildman–Crippen MR) is 44.5 cm³/mol. The van der Waals surface area contributed by atoms with E-state index >= 15 is 0 Å². The van der Waals surface area contributed by atoms with Gasteiger partial charge in [0.2, 0.25) is 0 Å². The Morgan fingerprint density at radius 3 is 2.08 bits per heavy atom. The van der Waals surface area contributed by atoms with Gasteiger partial charge in [0.05, 0.1) is 0 Å². The first-order valence-corrected chi connectivity index (χ1v) is 10.2. The van der Waals surface area contributed by atoms with Gasteiger partial charge in [0.15, 0.2) is 0 Å². The summed E-state index contributed by atoms with van der Waals surface area (Å²) in [5, 5.41) is 0. The molecule has 0 aromatic heterocycles. The molecule has 0 heterocycles. The van der Waals surface area contributed by atoms with Crippen molar-refractivity contribution in [3.63, 3.8) is 0 Å². The van der Waals surface area contributed by atoms with Crippen LogP contribution in [0.4, 0.5) is 8.78 Å². The van der Waals surface area contributed by atoms with Crippen molar-refractivity contribution in [2.45, 2.75) is 6.42 Å². The Kier molecular flexibility index (Phi) is 7.93. The fourth-order valence-corrected chi connectivity index (χ4v) is 0.750. The van der Waals surface area contributed by atoms with E-state index in [4.69, 9.17) is 0 Å². The molecule has 12 heavy (non-hydrogen) atoms. The van der Waals surface area contributed by atoms with Gasteiger partial charge in [-0.25, -0.2) is 0 Å². The molecule has 0 N–H and O–H groups in total. The molecule has 0 nitrogen and oxygen atoms in total. The molecule has 1 rings (SSSR count). The molecule has 0 fully saturated rings. The molecule has 0 atom stereocenters. The zero-order chi connectivity index (χ0) is 9.40. The molecule has 0 spiro atoms. The van der Waals surface area contributed by atoms with Crippen molar-refractivity contribution in [2.75, 3.05) is 0 Å². The van der Waals surface area contributed by atoms with Gasteiger partial charge < -0.3 is 8.78 Å². The van der Waals surface area contributed by atoms with Gasteiger partial charge in [-0.1, -0.05) is 42.3 Å². The Hall–Kier alpha value is 0.183. The van der Waals surface area contributed by atoms with Gasteiger partial charge in [-0.3, -0.25) is 0 Å². The van der Waals surface area contributed by atoms with E-state index in [1.165, 1.54) is 16.3 Å². The Labute approximate surface area is 87.4 Å². The summed E-state index contributed by atoms with van der Waals surface area (Å²) in [6.45, 7) is 0. The number of hydrogen-bond acceptors (Lipinski definition) is 0. The van der Waals surface area contributed by atoms with Gasteiger partial charge in [-0.05, 0) is 0 Å². The molecule has 4 heteroatoms. The van der Waals surface area contributed by atoms with Crippen LogP contribution in [-0.2, 0) is 22.8 Å². The van der Waals surface area contributed by atoms with Gasteiger partial charge >= 0.3 is 30.0 Å². The van der Waals surface area contributed by atoms with Crippen molar-refractivity contribution in [2.24, 2.45) is 0 Å². The average Bonchev–Trinajstić information content (AvgIpc) is 2.08. The fraction of sp³-hybridized carbons (Fsp3) is 0.125. The van der Waals surface area contributed by atoms with E-state index in [2.05, 4.69) is 13.6 Å². The molecule has 0 radical (unpaired) electrons. The van der Waals surface area contributed by atoms with Gasteiger partial charge in [0, 0.05) is 6.43 Å². The van der Waals surface area contributed by atoms with Crippen LogP contribution in [0.3, 0.4) is 0 Å². The van der Waals surface area contributed by atoms with Crippen molar-refractivity contribution < 1.29 is 25.1 Å². The SMILES string of the molecule is F[C-](F)Cc1ccccc1.[Zn+][Br]. The van der Waals surface area contributed by atoms with Crippen LogP contribution < -0.4 is 0 Å². The Balaban J connectivity index is 0.000000561. The van der Waals surface area contributed by atoms with Crippen LogP contribution in [-0.4, -0.2) is 0 Å². The van der Waals surface area contributed by atoms with Crippen molar-refractivity contribution in [3.8, 4) is 0 Å². The average molecular weight is 286 g/mol. The molecule has 0 aliphatic rings. The van der Waals surface area contributed by atoms with E-state index < -0.39 is 6.43 Å². The maximum absolute atomic E-state index is 11.6. The number of halogens is 3. The zero-order valence-corrected chi connectivity index (χ0v) is 11.0. The van der Waals surface area contributed by atoms with Crippen LogP contribution in [0.5, 0.6) is 0 Å². The molecule has 0 bridgehead atoms. The molecule has 0 unspecified atom stereocenters. The third kappa shape index (κ3) is 5.79. The standard InChI is InChI=1S/C8H7F2.BrH.Zn/c9-8(10)6-7-4-2-1-3-5-7;;/h1-5H,6H2;1H;/q-1;;+2/p-1. The van der Waals surface area contributed by atoms with Crippen LogP contribution in [0.15, 0.2) is 30.3 Å². The molecule has 1 aromatic rings. The van der Waals surface area contributed by atoms with Gasteiger partial charge in [0.25, 0.3) is 0 Å². The summed E-state index contributed by atoms with van der Waals surface area (Å²) in [5.74, 6) is 0. The van der Waals surface area contributed by atoms with E-state index in [1.807, 2.05) is 0 Å². The van der Waals surface area contributed by atoms with Crippen LogP contribution in [0.25, 0.3) is 0 Å². The molecule has 0 aliphatic carbocycles. The summed E-state index contributed by atoms with van der Waals surface area (Å²) >= 11 is 4.25. The number of rotatable bonds is 2. The van der Waals surface area contributed by atoms with E-state index in [0.717, 1.165) is 0 Å². The van der Waals surface area contributed by atoms with Gasteiger partial charge in [-0.15, -0.1) is 0 Å². The Bertz CT molecular complexity index is 192. The van der Waals surface area contributed by atoms with E-state index in [9.17, 15) is 8.78 Å². The molecule has 1 aromatic carbocycles. The zero-order valence-electron chi connectivity index (χ0n) is 6.43. The quantitative estimate of drug-likeness (QED) is 0.576. The van der Waals surface area contributed by atoms with Crippen LogP contribution >= 0.6 is 13.6 Å². The van der Waals surface area contributed by atoms with E-state index in [1.54, 1.807) is 30.3 Å². The van der Waals surface area contributed by atoms with Crippen LogP contribution in [0, 0.1) is 6.43 Å². The second kappa shape index (κ2) is 7.81. The molecule has 62 valence electrons. The summed E-state index contributed by atoms with van der Waals surface area (Å²) in [4.78, 5) is 0. The van der Waals surface area contributed by atoms with Gasteiger partial charge in [-0.2, -0.15) is 0 Å². The third-order valence-corrected chi connectivity index (χ3v) is 1.18. The van der Waals surface area contributed by atoms with Crippen molar-refractivity contribution in [3.05, 3.63) is 42.3 Å². The predicted octanol–water partition coefficient (Wildman–Crippen LogP) is 3.50. The Morgan fingerprint density at radius 1 is 1.17 bits per heavy atom. The molecular weight excluding hydrogens is 279 g/mol. The van der Waals surface area contributed by atoms with Crippen LogP contribution in [0.2, 0.25) is 0 Å². The minimum atomic E-state index is -1.54. The molecule has 0 saturated carbocycles. The summed E-state index contributed by atoms with van der Waals surface area (Å²) in [7, 11) is 0. The number of hydrogen-bond donors (Lipinski definition) is 0. The van der Waals surface area contributed by atoms with E-state index in [-0.39, 0.29) is 6.42 Å². The summed E-state index contributed by atoms with van der Waals surface area (Å²) in [5.41, 5.74) is 0.655. The number of benzene rings is 1. The Morgan fingerprint density at radius 2 is 1.67 bits per heavy atom. The molecule has 0 aliphatic heterocycles. The van der Waals surface area contributed by atoms with Crippen LogP contribution in [0.1, 0.15) is 5.56 Å². The monoisotopic (exact) mass is 284 g/mol. The summed E-state index contributed by atoms with van der Waals surface area (Å²) < 4.78 is 23.3. The molecular formula is C8H7BrF2Zn. The minimum absolute atomic E-state index is 0.221. The van der Waals surface area contributed by atoms with E-state index in [0.29, 0.717) is 5.56 Å². The normalized spacial score (nSPS) is 9.17. The van der Waals surface area contributed by atoms with Gasteiger partial charge in [0.1, 0.15) is 0 Å². The third-order valence-electron chi connectivity index (χ3n) is 1.18. The first-order chi connectivity index (χ1) is 5.79. The topological polar surface area (TPSA) is 0 Å². The second-order valence-electron chi connectivity index (χ2n) is 2.00. The summed E-state index contributed by atoms with van der Waals surface area (Å²) in [6.07, 6.45) is -1.76. The van der Waals surface area contributed by atoms with Crippen molar-refractivity contribution >= 4 is 13.6 Å². The fourth-order valence-electron chi connectivity index (χ4n) is 0.750. The first kappa shape index (κ1) is 12.2. The summed E-state index contributed by atoms with van der Waals surface area (Å²) in [6, 6.07) is 8.66. The second-order valence-corrected chi connectivity index (χ2v) is 2.00. The van der Waals surface area contributed by atoms with Crippen molar-refractivity contribution in [1.29, 1.82) is 0 Å².